The van der Waals surface area contributed by atoms with E-state index >= 15 is 0 Å². The van der Waals surface area contributed by atoms with Gasteiger partial charge in [-0.3, -0.25) is 33.6 Å². The molecule has 10 bridgehead atoms. The van der Waals surface area contributed by atoms with Crippen molar-refractivity contribution in [3.63, 3.8) is 0 Å². The van der Waals surface area contributed by atoms with Gasteiger partial charge in [0.15, 0.2) is 0 Å². The van der Waals surface area contributed by atoms with Crippen LogP contribution in [0.3, 0.4) is 0 Å². The van der Waals surface area contributed by atoms with Crippen molar-refractivity contribution in [2.45, 2.75) is 63.1 Å². The monoisotopic (exact) mass is 1340 g/mol. The lowest BCUT2D eigenvalue weighted by Crippen LogP contribution is -2.50. The summed E-state index contributed by atoms with van der Waals surface area (Å²) in [6, 6.07) is 13.5. The number of nitrogens with two attached hydrogens (primary N) is 1. The molecular weight excluding hydrogens is 1290 g/mol. The molecule has 0 unspecified atom stereocenters. The fourth-order valence-corrected chi connectivity index (χ4v) is 14.6. The van der Waals surface area contributed by atoms with E-state index in [2.05, 4.69) is 54.7 Å². The Kier molecular flexibility index (Phi) is 18.5. The molecule has 0 radical (unpaired) electrons. The van der Waals surface area contributed by atoms with Crippen molar-refractivity contribution in [2.75, 3.05) is 6.61 Å². The number of thiazole rings is 6. The number of amides is 7. The molecule has 2 aliphatic heterocycles. The van der Waals surface area contributed by atoms with Crippen LogP contribution in [0.4, 0.5) is 0 Å². The molecule has 1 fully saturated rings. The molecule has 7 amide bonds. The van der Waals surface area contributed by atoms with Crippen LogP contribution in [-0.4, -0.2) is 116 Å². The fourth-order valence-electron chi connectivity index (χ4n) is 9.32. The number of aryl methyl sites for hydroxylation is 1. The summed E-state index contributed by atoms with van der Waals surface area (Å²) in [5, 5.41) is 56.9. The van der Waals surface area contributed by atoms with E-state index in [1.54, 1.807) is 72.3 Å². The minimum Gasteiger partial charge on any atom is -0.508 e. The Morgan fingerprint density at radius 1 is 0.659 bits per heavy atom. The van der Waals surface area contributed by atoms with E-state index in [1.165, 1.54) is 50.9 Å². The molecular formula is C59H50N14O12S6. The van der Waals surface area contributed by atoms with Gasteiger partial charge in [0, 0.05) is 49.7 Å². The van der Waals surface area contributed by atoms with E-state index in [1.807, 2.05) is 12.2 Å². The summed E-state index contributed by atoms with van der Waals surface area (Å²) in [4.78, 5) is 142. The normalized spacial score (nSPS) is 18.3. The standard InChI is InChI=1S/C59H50N14O12S6/c1-24(40-18-85-40)42-57-70-39(23-90-57)55-66-35(19-87-55)44-31(14-15-32(63-44)54-68-36(21-88-54)49(79)61-25(2)47(77)62-26(3)59(83)84)53-67-37(20-86-53)51(81)65-34(17-41(60)75)56-73-43(27(4)91-56)52(82)72-45(46(76)29-8-6-5-7-9-29)58-69-38(22-89-58)50(80)64-33(48(78)71-42)16-28-10-12-30(74)13-11-28/h5-15,19-24,33-34,40,42,45-46,74,76H,2-3,16-18H2,1,4H3,(H2,60,75)(H,61,79)(H,62,77)(H,64,80)(H,65,81)(H,71,78)(H,72,82)(H,83,84)/t24-,33-,34-,40+,42-,45-,46+/m0/s1. The second-order valence-electron chi connectivity index (χ2n) is 20.6. The van der Waals surface area contributed by atoms with Crippen LogP contribution in [0.5, 0.6) is 5.75 Å². The minimum atomic E-state index is -1.49. The predicted octanol–water partition coefficient (Wildman–Crippen LogP) is 6.56. The van der Waals surface area contributed by atoms with Gasteiger partial charge in [-0.2, -0.15) is 0 Å². The Morgan fingerprint density at radius 2 is 1.29 bits per heavy atom. The van der Waals surface area contributed by atoms with Gasteiger partial charge in [-0.05, 0) is 42.3 Å². The Balaban J connectivity index is 0.984. The SMILES string of the molecule is C=C(NC(=O)C(=C)NC(=O)c1csc(-c2ccc3c(n2)-c2csc(n2)-c2csc(n2)[C@H]([C@@H](C)[C@H]2CO2)NC(=O)[C@H](Cc2ccc(O)cc2)NC(=O)c2csc(n2)[C@H]([C@H](O)c2ccccc2)NC(=O)c2nc(sc2C)[C@H](CC(N)=O)NC(=O)c2csc-3n2)n1)C(=O)O. The van der Waals surface area contributed by atoms with Crippen LogP contribution in [0.1, 0.15) is 111 Å². The molecule has 464 valence electrons. The minimum absolute atomic E-state index is 0.00928. The predicted molar refractivity (Wildman–Crippen MR) is 338 cm³/mol. The average Bonchev–Trinajstić information content (AvgIpc) is 1.74. The Bertz CT molecular complexity index is 4360. The summed E-state index contributed by atoms with van der Waals surface area (Å²) in [6.07, 6.45) is -2.13. The summed E-state index contributed by atoms with van der Waals surface area (Å²) in [5.41, 5.74) is 6.92. The van der Waals surface area contributed by atoms with Crippen LogP contribution in [-0.2, 0) is 30.3 Å². The van der Waals surface area contributed by atoms with Gasteiger partial charge < -0.3 is 57.7 Å². The number of aliphatic carboxylic acids is 1. The summed E-state index contributed by atoms with van der Waals surface area (Å²) >= 11 is 6.64. The highest BCUT2D eigenvalue weighted by molar-refractivity contribution is 7.15. The first kappa shape index (κ1) is 62.9. The number of aromatic nitrogens is 7. The number of ether oxygens (including phenoxy) is 1. The number of primary amides is 1. The molecule has 11 rings (SSSR count). The van der Waals surface area contributed by atoms with Crippen molar-refractivity contribution in [1.82, 2.24) is 66.8 Å². The van der Waals surface area contributed by atoms with Crippen molar-refractivity contribution >= 4 is 115 Å². The molecule has 7 atom stereocenters. The maximum absolute atomic E-state index is 14.9. The fraction of sp³-hybridized carbons (Fsp3) is 0.203. The van der Waals surface area contributed by atoms with Crippen LogP contribution in [0.25, 0.3) is 43.4 Å². The number of aliphatic hydroxyl groups is 1. The number of benzene rings is 2. The molecule has 9 heterocycles. The van der Waals surface area contributed by atoms with Gasteiger partial charge in [0.25, 0.3) is 29.5 Å². The first-order chi connectivity index (χ1) is 43.6. The Morgan fingerprint density at radius 3 is 2.00 bits per heavy atom. The topological polar surface area (TPSA) is 398 Å². The summed E-state index contributed by atoms with van der Waals surface area (Å²) in [6.45, 7) is 10.7. The Labute approximate surface area is 539 Å². The zero-order chi connectivity index (χ0) is 64.4. The number of fused-ring (bicyclic) bond motifs is 14. The van der Waals surface area contributed by atoms with Crippen LogP contribution in [0.2, 0.25) is 0 Å². The number of carboxylic acid groups (broad SMARTS) is 1. The third-order valence-corrected chi connectivity index (χ3v) is 19.7. The van der Waals surface area contributed by atoms with Gasteiger partial charge >= 0.3 is 5.97 Å². The number of phenolic OH excluding ortho intramolecular Hbond substituents is 1. The zero-order valence-corrected chi connectivity index (χ0v) is 52.4. The second-order valence-corrected chi connectivity index (χ2v) is 26.2. The second kappa shape index (κ2) is 26.8. The number of pyridine rings is 1. The molecule has 91 heavy (non-hydrogen) atoms. The largest absolute Gasteiger partial charge is 0.508 e. The van der Waals surface area contributed by atoms with Crippen molar-refractivity contribution < 1.29 is 58.4 Å². The van der Waals surface area contributed by atoms with Crippen LogP contribution in [0, 0.1) is 12.8 Å². The highest BCUT2D eigenvalue weighted by atomic mass is 32.1. The summed E-state index contributed by atoms with van der Waals surface area (Å²) < 4.78 is 5.75. The van der Waals surface area contributed by atoms with Gasteiger partial charge in [0.1, 0.15) is 99.5 Å². The maximum Gasteiger partial charge on any atom is 0.351 e. The van der Waals surface area contributed by atoms with Crippen LogP contribution >= 0.6 is 68.0 Å². The number of phenols is 1. The molecule has 1 saturated heterocycles. The molecule has 32 heteroatoms. The van der Waals surface area contributed by atoms with Crippen molar-refractivity contribution in [1.29, 1.82) is 0 Å². The molecule has 11 N–H and O–H groups in total. The summed E-state index contributed by atoms with van der Waals surface area (Å²) in [5.74, 6) is -7.31. The Hall–Kier alpha value is -9.67. The first-order valence-electron chi connectivity index (χ1n) is 27.3. The number of aromatic hydroxyl groups is 1. The van der Waals surface area contributed by atoms with Crippen LogP contribution in [0.15, 0.2) is 118 Å². The zero-order valence-electron chi connectivity index (χ0n) is 47.5. The quantitative estimate of drug-likeness (QED) is 0.0407. The van der Waals surface area contributed by atoms with Gasteiger partial charge in [0.05, 0.1) is 42.6 Å². The molecule has 2 aromatic carbocycles. The first-order valence-corrected chi connectivity index (χ1v) is 32.5. The average molecular weight is 1340 g/mol. The van der Waals surface area contributed by atoms with E-state index in [9.17, 15) is 48.6 Å². The molecule has 0 spiro atoms. The lowest BCUT2D eigenvalue weighted by atomic mass is 9.97. The van der Waals surface area contributed by atoms with Gasteiger partial charge in [-0.25, -0.2) is 39.7 Å². The lowest BCUT2D eigenvalue weighted by molar-refractivity contribution is -0.134. The third kappa shape index (κ3) is 14.3. The van der Waals surface area contributed by atoms with Crippen molar-refractivity contribution in [3.05, 3.63) is 172 Å². The number of nitrogens with one attached hydrogen (secondary N) is 6. The van der Waals surface area contributed by atoms with Gasteiger partial charge in [0.2, 0.25) is 11.8 Å². The number of hydrogen-bond acceptors (Lipinski definition) is 24. The molecule has 0 saturated carbocycles. The molecule has 0 aliphatic carbocycles. The van der Waals surface area contributed by atoms with Gasteiger partial charge in [-0.1, -0.05) is 62.5 Å². The molecule has 9 aromatic rings. The highest BCUT2D eigenvalue weighted by Gasteiger charge is 2.40. The van der Waals surface area contributed by atoms with E-state index in [4.69, 9.17) is 35.5 Å². The number of carbonyl (C=O) groups excluding carboxylic acids is 7. The van der Waals surface area contributed by atoms with Crippen LogP contribution < -0.4 is 37.6 Å². The number of nitrogens with zero attached hydrogens (tertiary/aromatic N) is 7. The number of hydrogen-bond donors (Lipinski definition) is 10. The number of carbonyl (C=O) groups is 8. The lowest BCUT2D eigenvalue weighted by Gasteiger charge is -2.26. The summed E-state index contributed by atoms with van der Waals surface area (Å²) in [7, 11) is 0. The van der Waals surface area contributed by atoms with E-state index in [0.717, 1.165) is 45.3 Å². The van der Waals surface area contributed by atoms with Gasteiger partial charge in [-0.15, -0.1) is 68.0 Å². The molecule has 26 nitrogen and oxygen atoms in total. The smallest absolute Gasteiger partial charge is 0.351 e. The number of carboxylic acids is 1. The highest BCUT2D eigenvalue weighted by Crippen LogP contribution is 2.41. The third-order valence-electron chi connectivity index (χ3n) is 14.2. The van der Waals surface area contributed by atoms with E-state index in [0.29, 0.717) is 54.6 Å². The number of aliphatic hydroxyl groups excluding tert-OH is 1. The van der Waals surface area contributed by atoms with E-state index in [-0.39, 0.29) is 73.4 Å². The van der Waals surface area contributed by atoms with E-state index < -0.39 is 95.4 Å². The number of rotatable bonds is 14. The molecule has 2 aliphatic rings. The van der Waals surface area contributed by atoms with Crippen molar-refractivity contribution in [3.8, 4) is 49.1 Å². The van der Waals surface area contributed by atoms with Crippen molar-refractivity contribution in [2.24, 2.45) is 11.7 Å². The maximum atomic E-state index is 14.9. The molecule has 7 aromatic heterocycles. The number of epoxide rings is 1.